The Balaban J connectivity index is 1.40. The Morgan fingerprint density at radius 2 is 1.87 bits per heavy atom. The van der Waals surface area contributed by atoms with Gasteiger partial charge in [-0.05, 0) is 99.2 Å². The van der Waals surface area contributed by atoms with Crippen molar-refractivity contribution in [2.75, 3.05) is 0 Å². The van der Waals surface area contributed by atoms with Crippen molar-refractivity contribution in [3.63, 3.8) is 0 Å². The highest BCUT2D eigenvalue weighted by atomic mass is 16.5. The second-order valence-corrected chi connectivity index (χ2v) is 14.5. The van der Waals surface area contributed by atoms with Crippen molar-refractivity contribution in [3.05, 3.63) is 11.6 Å². The number of ether oxygens (including phenoxy) is 1. The van der Waals surface area contributed by atoms with Crippen molar-refractivity contribution in [3.8, 4) is 12.1 Å². The van der Waals surface area contributed by atoms with Crippen molar-refractivity contribution in [1.29, 1.82) is 10.5 Å². The zero-order chi connectivity index (χ0) is 27.8. The Labute approximate surface area is 231 Å². The minimum Gasteiger partial charge on any atom is -0.462 e. The van der Waals surface area contributed by atoms with Crippen LogP contribution in [-0.4, -0.2) is 17.6 Å². The summed E-state index contributed by atoms with van der Waals surface area (Å²) in [5.74, 6) is 2.42. The lowest BCUT2D eigenvalue weighted by atomic mass is 9.44. The molecule has 4 unspecified atom stereocenters. The number of carbonyl (C=O) groups excluding carboxylic acids is 1. The van der Waals surface area contributed by atoms with Crippen molar-refractivity contribution in [1.82, 2.24) is 0 Å². The first kappa shape index (κ1) is 29.1. The Bertz CT molecular complexity index is 991. The van der Waals surface area contributed by atoms with Gasteiger partial charge in [0.05, 0.1) is 12.1 Å². The van der Waals surface area contributed by atoms with Gasteiger partial charge in [-0.1, -0.05) is 58.6 Å². The van der Waals surface area contributed by atoms with Crippen LogP contribution in [0.5, 0.6) is 0 Å². The summed E-state index contributed by atoms with van der Waals surface area (Å²) in [5.41, 5.74) is 8.17. The molecule has 3 fully saturated rings. The zero-order valence-electron chi connectivity index (χ0n) is 24.7. The molecule has 0 amide bonds. The van der Waals surface area contributed by atoms with Gasteiger partial charge in [0.25, 0.3) is 0 Å². The summed E-state index contributed by atoms with van der Waals surface area (Å²) in [6.07, 6.45) is 16.8. The molecule has 5 heteroatoms. The van der Waals surface area contributed by atoms with Crippen LogP contribution < -0.4 is 5.73 Å². The quantitative estimate of drug-likeness (QED) is 0.191. The molecule has 7 atom stereocenters. The molecule has 0 spiro atoms. The van der Waals surface area contributed by atoms with Gasteiger partial charge in [-0.2, -0.15) is 10.5 Å². The fraction of sp³-hybridized carbons (Fsp3) is 0.848. The maximum atomic E-state index is 12.5. The van der Waals surface area contributed by atoms with E-state index in [1.165, 1.54) is 56.9 Å². The fourth-order valence-corrected chi connectivity index (χ4v) is 9.20. The SMILES string of the molecule is CC(C)CCCCC1CCC2[C@]1(C)CCC1[C@@]2(N)CC=C2CC(OC(=O)CCC(C)(C#N)C#N)CC[C@@]21C. The van der Waals surface area contributed by atoms with Crippen LogP contribution in [0.4, 0.5) is 0 Å². The molecule has 0 heterocycles. The summed E-state index contributed by atoms with van der Waals surface area (Å²) in [6, 6.07) is 4.01. The van der Waals surface area contributed by atoms with Crippen molar-refractivity contribution >= 4 is 5.97 Å². The van der Waals surface area contributed by atoms with Gasteiger partial charge in [0.2, 0.25) is 0 Å². The molecule has 0 aliphatic heterocycles. The lowest BCUT2D eigenvalue weighted by Gasteiger charge is -2.63. The van der Waals surface area contributed by atoms with Gasteiger partial charge < -0.3 is 10.5 Å². The second-order valence-electron chi connectivity index (χ2n) is 14.5. The lowest BCUT2D eigenvalue weighted by Crippen LogP contribution is -2.66. The molecule has 0 radical (unpaired) electrons. The van der Waals surface area contributed by atoms with Crippen LogP contribution in [0.2, 0.25) is 0 Å². The smallest absolute Gasteiger partial charge is 0.306 e. The number of esters is 1. The van der Waals surface area contributed by atoms with Crippen molar-refractivity contribution in [2.45, 2.75) is 136 Å². The van der Waals surface area contributed by atoms with E-state index in [0.29, 0.717) is 17.3 Å². The van der Waals surface area contributed by atoms with Crippen LogP contribution in [0.3, 0.4) is 0 Å². The first-order chi connectivity index (χ1) is 17.9. The lowest BCUT2D eigenvalue weighted by molar-refractivity contribution is -0.152. The third-order valence-corrected chi connectivity index (χ3v) is 11.6. The van der Waals surface area contributed by atoms with Gasteiger partial charge in [0.1, 0.15) is 11.5 Å². The zero-order valence-corrected chi connectivity index (χ0v) is 24.7. The number of rotatable bonds is 9. The predicted octanol–water partition coefficient (Wildman–Crippen LogP) is 7.61. The number of nitrogens with two attached hydrogens (primary N) is 1. The number of hydrogen-bond acceptors (Lipinski definition) is 5. The molecule has 0 aromatic heterocycles. The topological polar surface area (TPSA) is 99.9 Å². The van der Waals surface area contributed by atoms with Gasteiger partial charge in [-0.3, -0.25) is 4.79 Å². The molecule has 2 N–H and O–H groups in total. The van der Waals surface area contributed by atoms with E-state index in [1.807, 2.05) is 12.1 Å². The van der Waals surface area contributed by atoms with E-state index in [9.17, 15) is 15.3 Å². The van der Waals surface area contributed by atoms with Gasteiger partial charge in [0, 0.05) is 18.4 Å². The van der Waals surface area contributed by atoms with Crippen LogP contribution in [0.25, 0.3) is 0 Å². The van der Waals surface area contributed by atoms with E-state index in [-0.39, 0.29) is 35.9 Å². The van der Waals surface area contributed by atoms with Gasteiger partial charge in [0.15, 0.2) is 0 Å². The molecule has 0 saturated heterocycles. The van der Waals surface area contributed by atoms with Gasteiger partial charge in [-0.25, -0.2) is 0 Å². The molecule has 4 aliphatic carbocycles. The molecule has 0 aromatic rings. The predicted molar refractivity (Wildman–Crippen MR) is 150 cm³/mol. The highest BCUT2D eigenvalue weighted by Gasteiger charge is 2.64. The molecule has 4 rings (SSSR count). The normalized spacial score (nSPS) is 38.3. The number of hydrogen-bond donors (Lipinski definition) is 1. The molecule has 210 valence electrons. The van der Waals surface area contributed by atoms with E-state index in [0.717, 1.165) is 37.5 Å². The van der Waals surface area contributed by atoms with Crippen LogP contribution in [0.1, 0.15) is 125 Å². The fourth-order valence-electron chi connectivity index (χ4n) is 9.20. The molecule has 5 nitrogen and oxygen atoms in total. The Morgan fingerprint density at radius 1 is 1.13 bits per heavy atom. The number of nitrogens with zero attached hydrogens (tertiary/aromatic N) is 2. The summed E-state index contributed by atoms with van der Waals surface area (Å²) in [5, 5.41) is 18.4. The first-order valence-electron chi connectivity index (χ1n) is 15.4. The van der Waals surface area contributed by atoms with E-state index in [4.69, 9.17) is 10.5 Å². The summed E-state index contributed by atoms with van der Waals surface area (Å²) in [7, 11) is 0. The van der Waals surface area contributed by atoms with Crippen molar-refractivity contribution in [2.24, 2.45) is 45.7 Å². The standard InChI is InChI=1S/C33H51N3O2/c1-23(2)8-6-7-9-24-10-11-27-31(24,4)18-14-28-32(5)17-13-26(20-25(32)12-19-33(27,28)36)38-29(37)15-16-30(3,21-34)22-35/h12,23-24,26-28H,6-11,13-20,36H2,1-5H3/t24?,26?,27?,28?,31-,32+,33-/m1/s1. The number of unbranched alkanes of at least 4 members (excludes halogenated alkanes) is 1. The van der Waals surface area contributed by atoms with E-state index < -0.39 is 5.41 Å². The number of fused-ring (bicyclic) bond motifs is 5. The second kappa shape index (κ2) is 11.0. The van der Waals surface area contributed by atoms with E-state index in [1.54, 1.807) is 6.92 Å². The monoisotopic (exact) mass is 521 g/mol. The number of nitriles is 2. The van der Waals surface area contributed by atoms with Gasteiger partial charge in [-0.15, -0.1) is 0 Å². The largest absolute Gasteiger partial charge is 0.462 e. The Morgan fingerprint density at radius 3 is 2.55 bits per heavy atom. The Kier molecular flexibility index (Phi) is 8.41. The maximum absolute atomic E-state index is 12.5. The average Bonchev–Trinajstić information content (AvgIpc) is 3.22. The number of carbonyl (C=O) groups is 1. The van der Waals surface area contributed by atoms with Crippen molar-refractivity contribution < 1.29 is 9.53 Å². The van der Waals surface area contributed by atoms with Gasteiger partial charge >= 0.3 is 5.97 Å². The highest BCUT2D eigenvalue weighted by molar-refractivity contribution is 5.69. The minimum atomic E-state index is -1.14. The third-order valence-electron chi connectivity index (χ3n) is 11.6. The summed E-state index contributed by atoms with van der Waals surface area (Å²) < 4.78 is 5.86. The van der Waals surface area contributed by atoms with E-state index in [2.05, 4.69) is 33.8 Å². The average molecular weight is 522 g/mol. The maximum Gasteiger partial charge on any atom is 0.306 e. The van der Waals surface area contributed by atoms with E-state index >= 15 is 0 Å². The minimum absolute atomic E-state index is 0.0901. The summed E-state index contributed by atoms with van der Waals surface area (Å²) >= 11 is 0. The molecule has 3 saturated carbocycles. The van der Waals surface area contributed by atoms with Crippen LogP contribution in [-0.2, 0) is 9.53 Å². The molecular formula is C33H51N3O2. The van der Waals surface area contributed by atoms with Crippen LogP contribution >= 0.6 is 0 Å². The summed E-state index contributed by atoms with van der Waals surface area (Å²) in [6.45, 7) is 11.3. The van der Waals surface area contributed by atoms with Crippen LogP contribution in [0.15, 0.2) is 11.6 Å². The van der Waals surface area contributed by atoms with Crippen LogP contribution in [0, 0.1) is 62.6 Å². The molecule has 0 bridgehead atoms. The third kappa shape index (κ3) is 5.30. The molecule has 38 heavy (non-hydrogen) atoms. The summed E-state index contributed by atoms with van der Waals surface area (Å²) in [4.78, 5) is 12.5. The first-order valence-corrected chi connectivity index (χ1v) is 15.4. The highest BCUT2D eigenvalue weighted by Crippen LogP contribution is 2.67. The molecule has 0 aromatic carbocycles. The molecule has 4 aliphatic rings. The molecular weight excluding hydrogens is 470 g/mol. The Hall–Kier alpha value is -1.85.